The molecule has 0 aliphatic carbocycles. The van der Waals surface area contributed by atoms with Crippen LogP contribution in [0.5, 0.6) is 0 Å². The summed E-state index contributed by atoms with van der Waals surface area (Å²) in [5.74, 6) is 0.954. The van der Waals surface area contributed by atoms with Gasteiger partial charge in [0.25, 0.3) is 0 Å². The summed E-state index contributed by atoms with van der Waals surface area (Å²) in [5.41, 5.74) is 2.27. The Hall–Kier alpha value is -0.870. The molecule has 3 unspecified atom stereocenters. The van der Waals surface area contributed by atoms with E-state index in [1.54, 1.807) is 0 Å². The number of nitrogens with zero attached hydrogens (tertiary/aromatic N) is 2. The zero-order valence-electron chi connectivity index (χ0n) is 12.3. The van der Waals surface area contributed by atoms with E-state index in [-0.39, 0.29) is 0 Å². The number of fused-ring (bicyclic) bond motifs is 1. The number of piperidine rings is 1. The summed E-state index contributed by atoms with van der Waals surface area (Å²) in [5, 5.41) is 7.85. The summed E-state index contributed by atoms with van der Waals surface area (Å²) in [4.78, 5) is 2.67. The Morgan fingerprint density at radius 2 is 2.16 bits per heavy atom. The Morgan fingerprint density at radius 1 is 1.32 bits per heavy atom. The zero-order chi connectivity index (χ0) is 13.4. The predicted molar refractivity (Wildman–Crippen MR) is 75.1 cm³/mol. The smallest absolute Gasteiger partial charge is 0.138 e. The fraction of sp³-hybridized carbons (Fsp3) is 0.800. The third-order valence-corrected chi connectivity index (χ3v) is 4.83. The molecule has 2 aliphatic rings. The summed E-state index contributed by atoms with van der Waals surface area (Å²) in [6.45, 7) is 8.84. The van der Waals surface area contributed by atoms with Crippen LogP contribution in [0.15, 0.2) is 4.52 Å². The van der Waals surface area contributed by atoms with Gasteiger partial charge in [-0.3, -0.25) is 0 Å². The molecule has 4 heteroatoms. The van der Waals surface area contributed by atoms with Crippen LogP contribution in [0.25, 0.3) is 0 Å². The quantitative estimate of drug-likeness (QED) is 0.910. The summed E-state index contributed by atoms with van der Waals surface area (Å²) >= 11 is 0. The summed E-state index contributed by atoms with van der Waals surface area (Å²) < 4.78 is 5.28. The maximum Gasteiger partial charge on any atom is 0.138 e. The second-order valence-corrected chi connectivity index (χ2v) is 6.18. The van der Waals surface area contributed by atoms with Crippen LogP contribution in [-0.2, 0) is 0 Å². The molecular weight excluding hydrogens is 238 g/mol. The van der Waals surface area contributed by atoms with Crippen molar-refractivity contribution in [3.05, 3.63) is 17.0 Å². The van der Waals surface area contributed by atoms with Crippen molar-refractivity contribution in [3.8, 4) is 0 Å². The van der Waals surface area contributed by atoms with Gasteiger partial charge >= 0.3 is 0 Å². The predicted octanol–water partition coefficient (Wildman–Crippen LogP) is 2.57. The van der Waals surface area contributed by atoms with Crippen molar-refractivity contribution in [2.24, 2.45) is 0 Å². The molecule has 0 bridgehead atoms. The van der Waals surface area contributed by atoms with E-state index in [0.29, 0.717) is 12.1 Å². The topological polar surface area (TPSA) is 41.3 Å². The van der Waals surface area contributed by atoms with Gasteiger partial charge in [0.15, 0.2) is 0 Å². The zero-order valence-corrected chi connectivity index (χ0v) is 12.3. The molecule has 3 atom stereocenters. The van der Waals surface area contributed by atoms with Gasteiger partial charge in [0.05, 0.1) is 5.69 Å². The fourth-order valence-corrected chi connectivity index (χ4v) is 3.92. The van der Waals surface area contributed by atoms with Crippen LogP contribution in [0.1, 0.15) is 55.7 Å². The van der Waals surface area contributed by atoms with Gasteiger partial charge in [-0.2, -0.15) is 0 Å². The Morgan fingerprint density at radius 3 is 2.89 bits per heavy atom. The van der Waals surface area contributed by atoms with Gasteiger partial charge in [0.1, 0.15) is 5.76 Å². The molecule has 3 heterocycles. The maximum absolute atomic E-state index is 5.28. The summed E-state index contributed by atoms with van der Waals surface area (Å²) in [6.07, 6.45) is 5.34. The molecule has 0 radical (unpaired) electrons. The molecule has 0 saturated carbocycles. The summed E-state index contributed by atoms with van der Waals surface area (Å²) in [7, 11) is 0. The van der Waals surface area contributed by atoms with Crippen molar-refractivity contribution in [1.29, 1.82) is 0 Å². The van der Waals surface area contributed by atoms with Crippen LogP contribution < -0.4 is 5.32 Å². The normalized spacial score (nSPS) is 29.4. The van der Waals surface area contributed by atoms with Crippen molar-refractivity contribution in [2.45, 2.75) is 64.6 Å². The van der Waals surface area contributed by atoms with Crippen LogP contribution in [-0.4, -0.2) is 35.2 Å². The molecular formula is C15H25N3O. The number of rotatable bonds is 3. The Labute approximate surface area is 115 Å². The van der Waals surface area contributed by atoms with E-state index < -0.39 is 0 Å². The third kappa shape index (κ3) is 2.56. The van der Waals surface area contributed by atoms with E-state index in [9.17, 15) is 0 Å². The molecule has 106 valence electrons. The standard InChI is InChI=1S/C15H25N3O/c1-10(15-11(2)17-19-12(15)3)16-13-6-8-18-7-4-5-14(18)9-13/h10,13-14,16H,4-9H2,1-3H3. The molecule has 1 aromatic rings. The highest BCUT2D eigenvalue weighted by Gasteiger charge is 2.32. The lowest BCUT2D eigenvalue weighted by molar-refractivity contribution is 0.162. The highest BCUT2D eigenvalue weighted by atomic mass is 16.5. The second kappa shape index (κ2) is 5.25. The number of aromatic nitrogens is 1. The lowest BCUT2D eigenvalue weighted by atomic mass is 9.96. The number of nitrogens with one attached hydrogen (secondary N) is 1. The van der Waals surface area contributed by atoms with Gasteiger partial charge in [-0.15, -0.1) is 0 Å². The van der Waals surface area contributed by atoms with Gasteiger partial charge in [-0.1, -0.05) is 5.16 Å². The molecule has 3 rings (SSSR count). The first-order valence-electron chi connectivity index (χ1n) is 7.58. The van der Waals surface area contributed by atoms with E-state index >= 15 is 0 Å². The highest BCUT2D eigenvalue weighted by molar-refractivity contribution is 5.24. The molecule has 0 aromatic carbocycles. The maximum atomic E-state index is 5.28. The van der Waals surface area contributed by atoms with Crippen LogP contribution in [0.2, 0.25) is 0 Å². The van der Waals surface area contributed by atoms with E-state index in [4.69, 9.17) is 4.52 Å². The molecule has 19 heavy (non-hydrogen) atoms. The first kappa shape index (κ1) is 13.1. The molecule has 0 spiro atoms. The highest BCUT2D eigenvalue weighted by Crippen LogP contribution is 2.29. The largest absolute Gasteiger partial charge is 0.361 e. The van der Waals surface area contributed by atoms with Crippen molar-refractivity contribution in [3.63, 3.8) is 0 Å². The Bertz CT molecular complexity index is 423. The molecule has 0 amide bonds. The third-order valence-electron chi connectivity index (χ3n) is 4.83. The van der Waals surface area contributed by atoms with Crippen LogP contribution in [0.3, 0.4) is 0 Å². The van der Waals surface area contributed by atoms with Gasteiger partial charge in [0.2, 0.25) is 0 Å². The molecule has 4 nitrogen and oxygen atoms in total. The Balaban J connectivity index is 1.62. The number of aryl methyl sites for hydroxylation is 2. The van der Waals surface area contributed by atoms with E-state index in [0.717, 1.165) is 17.5 Å². The lowest BCUT2D eigenvalue weighted by Crippen LogP contribution is -2.46. The van der Waals surface area contributed by atoms with Crippen molar-refractivity contribution in [1.82, 2.24) is 15.4 Å². The molecule has 1 N–H and O–H groups in total. The van der Waals surface area contributed by atoms with E-state index in [2.05, 4.69) is 22.3 Å². The molecule has 2 fully saturated rings. The monoisotopic (exact) mass is 263 g/mol. The number of hydrogen-bond donors (Lipinski definition) is 1. The van der Waals surface area contributed by atoms with Crippen LogP contribution in [0, 0.1) is 13.8 Å². The van der Waals surface area contributed by atoms with Gasteiger partial charge in [0, 0.05) is 23.7 Å². The summed E-state index contributed by atoms with van der Waals surface area (Å²) in [6, 6.07) is 1.80. The first-order chi connectivity index (χ1) is 9.15. The minimum atomic E-state index is 0.337. The van der Waals surface area contributed by atoms with Crippen molar-refractivity contribution < 1.29 is 4.52 Å². The first-order valence-corrected chi connectivity index (χ1v) is 7.58. The van der Waals surface area contributed by atoms with Crippen LogP contribution in [0.4, 0.5) is 0 Å². The SMILES string of the molecule is Cc1noc(C)c1C(C)NC1CCN2CCCC2C1. The fourth-order valence-electron chi connectivity index (χ4n) is 3.92. The molecule has 2 aliphatic heterocycles. The number of hydrogen-bond acceptors (Lipinski definition) is 4. The van der Waals surface area contributed by atoms with Gasteiger partial charge in [-0.25, -0.2) is 0 Å². The average molecular weight is 263 g/mol. The van der Waals surface area contributed by atoms with E-state index in [1.807, 2.05) is 13.8 Å². The Kier molecular flexibility index (Phi) is 3.63. The van der Waals surface area contributed by atoms with Crippen molar-refractivity contribution in [2.75, 3.05) is 13.1 Å². The molecule has 2 saturated heterocycles. The second-order valence-electron chi connectivity index (χ2n) is 6.18. The van der Waals surface area contributed by atoms with Crippen molar-refractivity contribution >= 4 is 0 Å². The minimum absolute atomic E-state index is 0.337. The van der Waals surface area contributed by atoms with Crippen LogP contribution >= 0.6 is 0 Å². The van der Waals surface area contributed by atoms with E-state index in [1.165, 1.54) is 44.3 Å². The van der Waals surface area contributed by atoms with Gasteiger partial charge in [-0.05, 0) is 59.5 Å². The van der Waals surface area contributed by atoms with Gasteiger partial charge < -0.3 is 14.7 Å². The lowest BCUT2D eigenvalue weighted by Gasteiger charge is -2.36. The minimum Gasteiger partial charge on any atom is -0.361 e. The average Bonchev–Trinajstić information content (AvgIpc) is 2.95. The molecule has 1 aromatic heterocycles.